The molecule has 0 spiro atoms. The van der Waals surface area contributed by atoms with Crippen molar-refractivity contribution >= 4 is 33.0 Å². The van der Waals surface area contributed by atoms with E-state index in [0.29, 0.717) is 12.1 Å². The first-order valence-electron chi connectivity index (χ1n) is 6.07. The van der Waals surface area contributed by atoms with Crippen LogP contribution < -0.4 is 4.72 Å². The van der Waals surface area contributed by atoms with Crippen molar-refractivity contribution in [3.8, 4) is 0 Å². The number of sulfonamides is 1. The number of halogens is 1. The molecule has 2 rings (SSSR count). The van der Waals surface area contributed by atoms with Gasteiger partial charge >= 0.3 is 0 Å². The molecule has 20 heavy (non-hydrogen) atoms. The second-order valence-electron chi connectivity index (χ2n) is 4.55. The summed E-state index contributed by atoms with van der Waals surface area (Å²) in [6, 6.07) is 9.54. The molecule has 1 heterocycles. The van der Waals surface area contributed by atoms with Crippen molar-refractivity contribution < 1.29 is 8.42 Å². The van der Waals surface area contributed by atoms with Gasteiger partial charge in [0.25, 0.3) is 10.0 Å². The lowest BCUT2D eigenvalue weighted by Gasteiger charge is -2.13. The summed E-state index contributed by atoms with van der Waals surface area (Å²) in [4.78, 5) is 3.93. The Labute approximate surface area is 127 Å². The predicted octanol–water partition coefficient (Wildman–Crippen LogP) is 3.01. The molecule has 2 aromatic rings. The summed E-state index contributed by atoms with van der Waals surface area (Å²) >= 11 is 6.73. The third kappa shape index (κ3) is 3.79. The maximum Gasteiger partial charge on any atom is 0.252 e. The summed E-state index contributed by atoms with van der Waals surface area (Å²) in [6.07, 6.45) is 0.631. The van der Waals surface area contributed by atoms with Crippen LogP contribution in [-0.2, 0) is 16.4 Å². The van der Waals surface area contributed by atoms with E-state index in [9.17, 15) is 8.42 Å². The molecular weight excluding hydrogens is 316 g/mol. The van der Waals surface area contributed by atoms with Gasteiger partial charge in [-0.15, -0.1) is 0 Å². The highest BCUT2D eigenvalue weighted by molar-refractivity contribution is 7.91. The molecule has 1 atom stereocenters. The van der Waals surface area contributed by atoms with Gasteiger partial charge in [-0.25, -0.2) is 18.1 Å². The molecule has 4 nitrogen and oxygen atoms in total. The van der Waals surface area contributed by atoms with Crippen LogP contribution in [0.1, 0.15) is 18.2 Å². The van der Waals surface area contributed by atoms with Crippen LogP contribution in [0.4, 0.5) is 0 Å². The molecule has 1 aromatic carbocycles. The number of benzene rings is 1. The average Bonchev–Trinajstić information content (AvgIpc) is 2.69. The van der Waals surface area contributed by atoms with Gasteiger partial charge in [0.2, 0.25) is 0 Å². The highest BCUT2D eigenvalue weighted by atomic mass is 35.5. The van der Waals surface area contributed by atoms with Crippen LogP contribution in [0.3, 0.4) is 0 Å². The minimum absolute atomic E-state index is 0.183. The first kappa shape index (κ1) is 15.4. The van der Waals surface area contributed by atoms with Gasteiger partial charge < -0.3 is 0 Å². The zero-order valence-electron chi connectivity index (χ0n) is 11.1. The van der Waals surface area contributed by atoms with E-state index in [0.717, 1.165) is 16.9 Å². The van der Waals surface area contributed by atoms with Crippen LogP contribution in [0.2, 0.25) is 4.47 Å². The third-order valence-electron chi connectivity index (χ3n) is 2.71. The van der Waals surface area contributed by atoms with Gasteiger partial charge in [0, 0.05) is 6.04 Å². The molecule has 0 amide bonds. The molecule has 7 heteroatoms. The topological polar surface area (TPSA) is 59.1 Å². The number of nitrogens with zero attached hydrogens (tertiary/aromatic N) is 1. The van der Waals surface area contributed by atoms with Crippen molar-refractivity contribution in [2.24, 2.45) is 0 Å². The summed E-state index contributed by atoms with van der Waals surface area (Å²) in [5.74, 6) is 0. The molecule has 0 saturated heterocycles. The van der Waals surface area contributed by atoms with Crippen molar-refractivity contribution in [1.29, 1.82) is 0 Å². The van der Waals surface area contributed by atoms with Gasteiger partial charge in [0.05, 0.1) is 5.69 Å². The average molecular weight is 331 g/mol. The summed E-state index contributed by atoms with van der Waals surface area (Å²) in [6.45, 7) is 3.47. The quantitative estimate of drug-likeness (QED) is 0.916. The number of thiazole rings is 1. The van der Waals surface area contributed by atoms with E-state index in [1.54, 1.807) is 6.92 Å². The highest BCUT2D eigenvalue weighted by Gasteiger charge is 2.23. The maximum absolute atomic E-state index is 12.3. The fourth-order valence-electron chi connectivity index (χ4n) is 1.93. The Morgan fingerprint density at radius 1 is 1.35 bits per heavy atom. The van der Waals surface area contributed by atoms with Crippen molar-refractivity contribution in [2.45, 2.75) is 30.5 Å². The standard InChI is InChI=1S/C13H15ClN2O2S2/c1-9(8-11-6-4-3-5-7-11)16-20(17,18)12-10(2)15-13(14)19-12/h3-7,9,16H,8H2,1-2H3. The van der Waals surface area contributed by atoms with E-state index < -0.39 is 10.0 Å². The summed E-state index contributed by atoms with van der Waals surface area (Å²) < 4.78 is 27.6. The molecule has 0 radical (unpaired) electrons. The van der Waals surface area contributed by atoms with Gasteiger partial charge in [0.1, 0.15) is 0 Å². The first-order valence-corrected chi connectivity index (χ1v) is 8.75. The molecule has 0 bridgehead atoms. The molecule has 0 saturated carbocycles. The third-order valence-corrected chi connectivity index (χ3v) is 6.17. The summed E-state index contributed by atoms with van der Waals surface area (Å²) in [5.41, 5.74) is 1.51. The zero-order chi connectivity index (χ0) is 14.8. The van der Waals surface area contributed by atoms with Crippen molar-refractivity contribution in [2.75, 3.05) is 0 Å². The highest BCUT2D eigenvalue weighted by Crippen LogP contribution is 2.26. The van der Waals surface area contributed by atoms with E-state index in [1.165, 1.54) is 0 Å². The van der Waals surface area contributed by atoms with Gasteiger partial charge in [-0.3, -0.25) is 0 Å². The van der Waals surface area contributed by atoms with Crippen LogP contribution >= 0.6 is 22.9 Å². The smallest absolute Gasteiger partial charge is 0.229 e. The van der Waals surface area contributed by atoms with E-state index in [1.807, 2.05) is 37.3 Å². The Morgan fingerprint density at radius 2 is 2.00 bits per heavy atom. The molecular formula is C13H15ClN2O2S2. The number of hydrogen-bond acceptors (Lipinski definition) is 4. The Kier molecular flexibility index (Phi) is 4.80. The Bertz CT molecular complexity index is 684. The summed E-state index contributed by atoms with van der Waals surface area (Å²) in [5, 5.41) is 0. The van der Waals surface area contributed by atoms with Gasteiger partial charge in [0.15, 0.2) is 8.68 Å². The Balaban J connectivity index is 2.10. The second kappa shape index (κ2) is 6.22. The number of aryl methyl sites for hydroxylation is 1. The first-order chi connectivity index (χ1) is 9.38. The van der Waals surface area contributed by atoms with Crippen LogP contribution in [-0.4, -0.2) is 19.4 Å². The van der Waals surface area contributed by atoms with Crippen molar-refractivity contribution in [1.82, 2.24) is 9.71 Å². The fraction of sp³-hybridized carbons (Fsp3) is 0.308. The van der Waals surface area contributed by atoms with Crippen molar-refractivity contribution in [3.63, 3.8) is 0 Å². The molecule has 1 aromatic heterocycles. The number of rotatable bonds is 5. The molecule has 0 fully saturated rings. The van der Waals surface area contributed by atoms with E-state index in [4.69, 9.17) is 11.6 Å². The minimum Gasteiger partial charge on any atom is -0.229 e. The number of hydrogen-bond donors (Lipinski definition) is 1. The Morgan fingerprint density at radius 3 is 2.55 bits per heavy atom. The maximum atomic E-state index is 12.3. The van der Waals surface area contributed by atoms with Gasteiger partial charge in [-0.1, -0.05) is 53.3 Å². The molecule has 1 N–H and O–H groups in total. The lowest BCUT2D eigenvalue weighted by Crippen LogP contribution is -2.34. The van der Waals surface area contributed by atoms with E-state index in [2.05, 4.69) is 9.71 Å². The van der Waals surface area contributed by atoms with Crippen LogP contribution in [0.15, 0.2) is 34.5 Å². The molecule has 0 aliphatic rings. The molecule has 1 unspecified atom stereocenters. The second-order valence-corrected chi connectivity index (χ2v) is 8.04. The minimum atomic E-state index is -3.57. The van der Waals surface area contributed by atoms with E-state index in [-0.39, 0.29) is 14.7 Å². The SMILES string of the molecule is Cc1nc(Cl)sc1S(=O)(=O)NC(C)Cc1ccccc1. The lowest BCUT2D eigenvalue weighted by atomic mass is 10.1. The largest absolute Gasteiger partial charge is 0.252 e. The van der Waals surface area contributed by atoms with Gasteiger partial charge in [-0.05, 0) is 25.8 Å². The summed E-state index contributed by atoms with van der Waals surface area (Å²) in [7, 11) is -3.57. The number of nitrogens with one attached hydrogen (secondary N) is 1. The predicted molar refractivity (Wildman–Crippen MR) is 81.8 cm³/mol. The monoisotopic (exact) mass is 330 g/mol. The number of aromatic nitrogens is 1. The molecule has 108 valence electrons. The van der Waals surface area contributed by atoms with Gasteiger partial charge in [-0.2, -0.15) is 0 Å². The fourth-order valence-corrected chi connectivity index (χ4v) is 4.93. The lowest BCUT2D eigenvalue weighted by molar-refractivity contribution is 0.561. The Hall–Kier alpha value is -0.950. The zero-order valence-corrected chi connectivity index (χ0v) is 13.5. The van der Waals surface area contributed by atoms with Crippen LogP contribution in [0.25, 0.3) is 0 Å². The van der Waals surface area contributed by atoms with Crippen LogP contribution in [0, 0.1) is 6.92 Å². The van der Waals surface area contributed by atoms with Crippen LogP contribution in [0.5, 0.6) is 0 Å². The van der Waals surface area contributed by atoms with Crippen molar-refractivity contribution in [3.05, 3.63) is 46.1 Å². The normalized spacial score (nSPS) is 13.3. The molecule has 0 aliphatic carbocycles. The van der Waals surface area contributed by atoms with E-state index >= 15 is 0 Å². The molecule has 0 aliphatic heterocycles.